The molecule has 1 heterocycles. The Labute approximate surface area is 146 Å². The lowest BCUT2D eigenvalue weighted by Gasteiger charge is -2.31. The van der Waals surface area contributed by atoms with E-state index >= 15 is 0 Å². The highest BCUT2D eigenvalue weighted by atomic mass is 79.9. The number of likely N-dealkylation sites (tertiary alicyclic amines) is 1. The van der Waals surface area contributed by atoms with E-state index in [1.807, 2.05) is 0 Å². The summed E-state index contributed by atoms with van der Waals surface area (Å²) in [6, 6.07) is 3.70. The zero-order valence-corrected chi connectivity index (χ0v) is 14.7. The van der Waals surface area contributed by atoms with Crippen molar-refractivity contribution in [3.05, 3.63) is 34.3 Å². The smallest absolute Gasteiger partial charge is 0.342 e. The second-order valence-electron chi connectivity index (χ2n) is 5.73. The molecule has 8 heteroatoms. The van der Waals surface area contributed by atoms with Crippen molar-refractivity contribution in [2.75, 3.05) is 20.1 Å². The lowest BCUT2D eigenvalue weighted by atomic mass is 10.0. The summed E-state index contributed by atoms with van der Waals surface area (Å²) in [7, 11) is 1.15. The Balaban J connectivity index is 2.09. The molecule has 0 saturated carbocycles. The Kier molecular flexibility index (Phi) is 5.90. The number of alkyl halides is 3. The van der Waals surface area contributed by atoms with Crippen molar-refractivity contribution < 1.29 is 22.8 Å². The Morgan fingerprint density at radius 2 is 1.96 bits per heavy atom. The molecule has 0 spiro atoms. The molecule has 1 aromatic carbocycles. The summed E-state index contributed by atoms with van der Waals surface area (Å²) in [5.41, 5.74) is -0.00111. The number of amides is 2. The fourth-order valence-electron chi connectivity index (χ4n) is 2.77. The zero-order valence-electron chi connectivity index (χ0n) is 13.1. The lowest BCUT2D eigenvalue weighted by molar-refractivity contribution is -0.189. The van der Waals surface area contributed by atoms with E-state index in [4.69, 9.17) is 0 Å². The number of hydrogen-bond donors (Lipinski definition) is 0. The summed E-state index contributed by atoms with van der Waals surface area (Å²) in [6.07, 6.45) is -3.53. The second kappa shape index (κ2) is 7.55. The number of carbonyl (C=O) groups excluding carboxylic acids is 2. The molecule has 1 saturated heterocycles. The monoisotopic (exact) mass is 406 g/mol. The van der Waals surface area contributed by atoms with Crippen LogP contribution in [0, 0.1) is 0 Å². The predicted octanol–water partition coefficient (Wildman–Crippen LogP) is 3.52. The number of halogens is 4. The quantitative estimate of drug-likeness (QED) is 0.750. The van der Waals surface area contributed by atoms with Crippen molar-refractivity contribution in [1.29, 1.82) is 0 Å². The van der Waals surface area contributed by atoms with Crippen LogP contribution in [0.25, 0.3) is 0 Å². The first-order valence-corrected chi connectivity index (χ1v) is 8.35. The van der Waals surface area contributed by atoms with Gasteiger partial charge in [-0.2, -0.15) is 13.2 Å². The maximum atomic E-state index is 13.5. The largest absolute Gasteiger partial charge is 0.413 e. The van der Waals surface area contributed by atoms with Gasteiger partial charge in [0.05, 0.1) is 0 Å². The fraction of sp³-hybridized carbons (Fsp3) is 0.500. The molecule has 1 fully saturated rings. The van der Waals surface area contributed by atoms with Gasteiger partial charge in [-0.1, -0.05) is 28.1 Å². The molecule has 0 unspecified atom stereocenters. The molecule has 0 N–H and O–H groups in total. The molecule has 0 aliphatic carbocycles. The summed E-state index contributed by atoms with van der Waals surface area (Å²) in [6.45, 7) is 0.720. The minimum Gasteiger partial charge on any atom is -0.342 e. The molecule has 4 nitrogen and oxygen atoms in total. The third kappa shape index (κ3) is 4.49. The molecule has 0 bridgehead atoms. The van der Waals surface area contributed by atoms with Crippen molar-refractivity contribution in [1.82, 2.24) is 9.80 Å². The Morgan fingerprint density at radius 1 is 1.33 bits per heavy atom. The third-order valence-electron chi connectivity index (χ3n) is 4.04. The first-order valence-electron chi connectivity index (χ1n) is 7.56. The van der Waals surface area contributed by atoms with Crippen LogP contribution in [-0.4, -0.2) is 47.9 Å². The third-order valence-corrected chi connectivity index (χ3v) is 4.57. The molecular weight excluding hydrogens is 389 g/mol. The van der Waals surface area contributed by atoms with E-state index < -0.39 is 18.1 Å². The number of hydrogen-bond acceptors (Lipinski definition) is 2. The van der Waals surface area contributed by atoms with Gasteiger partial charge in [0.1, 0.15) is 0 Å². The van der Waals surface area contributed by atoms with Crippen molar-refractivity contribution in [2.24, 2.45) is 0 Å². The molecule has 0 aromatic heterocycles. The van der Waals surface area contributed by atoms with Gasteiger partial charge < -0.3 is 9.80 Å². The molecule has 132 valence electrons. The van der Waals surface area contributed by atoms with Gasteiger partial charge in [0.15, 0.2) is 6.04 Å². The van der Waals surface area contributed by atoms with Crippen LogP contribution in [0.1, 0.15) is 30.9 Å². The molecule has 1 aliphatic heterocycles. The van der Waals surface area contributed by atoms with Crippen molar-refractivity contribution in [3.63, 3.8) is 0 Å². The summed E-state index contributed by atoms with van der Waals surface area (Å²) in [5, 5.41) is 0. The van der Waals surface area contributed by atoms with Gasteiger partial charge in [-0.25, -0.2) is 0 Å². The first kappa shape index (κ1) is 18.8. The highest BCUT2D eigenvalue weighted by Crippen LogP contribution is 2.37. The van der Waals surface area contributed by atoms with Crippen LogP contribution in [0.2, 0.25) is 0 Å². The van der Waals surface area contributed by atoms with E-state index in [9.17, 15) is 22.8 Å². The number of rotatable bonds is 5. The van der Waals surface area contributed by atoms with Crippen LogP contribution in [-0.2, 0) is 9.59 Å². The Hall–Kier alpha value is -1.57. The average molecular weight is 407 g/mol. The van der Waals surface area contributed by atoms with E-state index in [-0.39, 0.29) is 24.4 Å². The molecule has 1 aromatic rings. The van der Waals surface area contributed by atoms with E-state index in [0.717, 1.165) is 13.5 Å². The van der Waals surface area contributed by atoms with Gasteiger partial charge in [-0.05, 0) is 24.1 Å². The average Bonchev–Trinajstić information content (AvgIpc) is 2.91. The standard InChI is InChI=1S/C16H18BrF3N2O2/c1-21(13(23)8-10-22-9-2-3-14(22)24)15(16(18,19)20)11-4-6-12(17)7-5-11/h4-7,15H,2-3,8-10H2,1H3/t15-/m0/s1. The van der Waals surface area contributed by atoms with Crippen molar-refractivity contribution in [2.45, 2.75) is 31.5 Å². The summed E-state index contributed by atoms with van der Waals surface area (Å²) < 4.78 is 41.0. The lowest BCUT2D eigenvalue weighted by Crippen LogP contribution is -2.41. The first-order chi connectivity index (χ1) is 11.2. The molecule has 1 atom stereocenters. The van der Waals surface area contributed by atoms with E-state index in [2.05, 4.69) is 15.9 Å². The Morgan fingerprint density at radius 3 is 2.46 bits per heavy atom. The van der Waals surface area contributed by atoms with Crippen LogP contribution in [0.15, 0.2) is 28.7 Å². The van der Waals surface area contributed by atoms with Crippen molar-refractivity contribution in [3.8, 4) is 0 Å². The fourth-order valence-corrected chi connectivity index (χ4v) is 3.03. The van der Waals surface area contributed by atoms with Crippen LogP contribution in [0.5, 0.6) is 0 Å². The normalized spacial score (nSPS) is 16.4. The van der Waals surface area contributed by atoms with Gasteiger partial charge in [0.2, 0.25) is 11.8 Å². The molecule has 0 radical (unpaired) electrons. The van der Waals surface area contributed by atoms with Gasteiger partial charge >= 0.3 is 6.18 Å². The van der Waals surface area contributed by atoms with E-state index in [0.29, 0.717) is 22.3 Å². The van der Waals surface area contributed by atoms with Crippen LogP contribution in [0.3, 0.4) is 0 Å². The predicted molar refractivity (Wildman–Crippen MR) is 86.1 cm³/mol. The van der Waals surface area contributed by atoms with Gasteiger partial charge in [0, 0.05) is 37.5 Å². The highest BCUT2D eigenvalue weighted by molar-refractivity contribution is 9.10. The van der Waals surface area contributed by atoms with Crippen LogP contribution in [0.4, 0.5) is 13.2 Å². The molecular formula is C16H18BrF3N2O2. The van der Waals surface area contributed by atoms with Crippen LogP contribution < -0.4 is 0 Å². The van der Waals surface area contributed by atoms with Crippen molar-refractivity contribution >= 4 is 27.7 Å². The second-order valence-corrected chi connectivity index (χ2v) is 6.65. The molecule has 24 heavy (non-hydrogen) atoms. The number of carbonyl (C=O) groups is 2. The van der Waals surface area contributed by atoms with E-state index in [1.54, 1.807) is 0 Å². The minimum absolute atomic E-state index is 0.00111. The summed E-state index contributed by atoms with van der Waals surface area (Å²) >= 11 is 3.18. The molecule has 1 aliphatic rings. The van der Waals surface area contributed by atoms with Gasteiger partial charge in [-0.3, -0.25) is 9.59 Å². The topological polar surface area (TPSA) is 40.6 Å². The van der Waals surface area contributed by atoms with Gasteiger partial charge in [0.25, 0.3) is 0 Å². The number of nitrogens with zero attached hydrogens (tertiary/aromatic N) is 2. The summed E-state index contributed by atoms with van der Waals surface area (Å²) in [4.78, 5) is 26.0. The highest BCUT2D eigenvalue weighted by Gasteiger charge is 2.45. The summed E-state index contributed by atoms with van der Waals surface area (Å²) in [5.74, 6) is -0.689. The minimum atomic E-state index is -4.58. The molecule has 2 rings (SSSR count). The van der Waals surface area contributed by atoms with E-state index in [1.165, 1.54) is 29.2 Å². The Bertz CT molecular complexity index is 604. The zero-order chi connectivity index (χ0) is 17.9. The SMILES string of the molecule is CN(C(=O)CCN1CCCC1=O)[C@@H](c1ccc(Br)cc1)C(F)(F)F. The number of benzene rings is 1. The molecule has 2 amide bonds. The van der Waals surface area contributed by atoms with Crippen LogP contribution >= 0.6 is 15.9 Å². The maximum Gasteiger partial charge on any atom is 0.413 e. The maximum absolute atomic E-state index is 13.5. The van der Waals surface area contributed by atoms with Gasteiger partial charge in [-0.15, -0.1) is 0 Å².